The molecule has 0 fully saturated rings. The zero-order valence-corrected chi connectivity index (χ0v) is 24.0. The number of aromatic nitrogens is 2. The highest BCUT2D eigenvalue weighted by Crippen LogP contribution is 2.46. The van der Waals surface area contributed by atoms with Crippen molar-refractivity contribution >= 4 is 29.2 Å². The van der Waals surface area contributed by atoms with Gasteiger partial charge in [0.1, 0.15) is 12.4 Å². The van der Waals surface area contributed by atoms with E-state index in [1.165, 1.54) is 0 Å². The fourth-order valence-electron chi connectivity index (χ4n) is 5.70. The molecule has 2 aliphatic rings. The zero-order chi connectivity index (χ0) is 29.4. The van der Waals surface area contributed by atoms with Crippen LogP contribution in [0.15, 0.2) is 54.9 Å². The number of amides is 3. The first-order chi connectivity index (χ1) is 19.6. The van der Waals surface area contributed by atoms with Gasteiger partial charge in [0.2, 0.25) is 17.7 Å². The van der Waals surface area contributed by atoms with Crippen molar-refractivity contribution in [2.75, 3.05) is 31.4 Å². The molecule has 1 aliphatic heterocycles. The second-order valence-corrected chi connectivity index (χ2v) is 11.6. The third-order valence-electron chi connectivity index (χ3n) is 7.66. The van der Waals surface area contributed by atoms with Crippen molar-refractivity contribution in [3.8, 4) is 0 Å². The number of pyridine rings is 2. The van der Waals surface area contributed by atoms with Gasteiger partial charge in [-0.1, -0.05) is 51.1 Å². The van der Waals surface area contributed by atoms with Crippen molar-refractivity contribution in [1.82, 2.24) is 14.9 Å². The monoisotopic (exact) mass is 557 g/mol. The number of nitrogens with one attached hydrogen (secondary N) is 2. The summed E-state index contributed by atoms with van der Waals surface area (Å²) >= 11 is 0. The van der Waals surface area contributed by atoms with E-state index in [2.05, 4.69) is 20.6 Å². The van der Waals surface area contributed by atoms with Crippen molar-refractivity contribution in [2.24, 2.45) is 5.41 Å². The van der Waals surface area contributed by atoms with E-state index in [0.717, 1.165) is 27.9 Å². The summed E-state index contributed by atoms with van der Waals surface area (Å²) in [5, 5.41) is 5.80. The third kappa shape index (κ3) is 5.45. The van der Waals surface area contributed by atoms with Gasteiger partial charge in [-0.3, -0.25) is 19.4 Å². The zero-order valence-electron chi connectivity index (χ0n) is 24.0. The second kappa shape index (κ2) is 11.0. The summed E-state index contributed by atoms with van der Waals surface area (Å²) in [4.78, 5) is 50.2. The van der Waals surface area contributed by atoms with Gasteiger partial charge in [0, 0.05) is 55.6 Å². The van der Waals surface area contributed by atoms with Crippen molar-refractivity contribution in [2.45, 2.75) is 51.9 Å². The third-order valence-corrected chi connectivity index (χ3v) is 7.66. The standard InChI is InChI=1S/C31H35N5O5/c1-30(2,3)29(39)36(17-19-9-6-7-10-22(19)27(40-4)41-5)18-25(37)34-21-13-20-14-31(15-24(20)33-16-21)23-11-8-12-32-26(23)35-28(31)38/h6-13,16,27H,14-15,17-18H2,1-5H3,(H,34,37)(H,32,35,38). The van der Waals surface area contributed by atoms with E-state index in [4.69, 9.17) is 9.47 Å². The first-order valence-electron chi connectivity index (χ1n) is 13.5. The lowest BCUT2D eigenvalue weighted by molar-refractivity contribution is -0.142. The van der Waals surface area contributed by atoms with Crippen LogP contribution in [0.3, 0.4) is 0 Å². The molecule has 1 aromatic carbocycles. The quantitative estimate of drug-likeness (QED) is 0.404. The molecule has 3 aromatic rings. The van der Waals surface area contributed by atoms with E-state index < -0.39 is 17.1 Å². The van der Waals surface area contributed by atoms with Gasteiger partial charge >= 0.3 is 0 Å². The number of benzene rings is 1. The maximum Gasteiger partial charge on any atom is 0.244 e. The molecule has 5 rings (SSSR count). The predicted octanol–water partition coefficient (Wildman–Crippen LogP) is 3.77. The molecule has 2 aromatic heterocycles. The molecule has 0 saturated carbocycles. The van der Waals surface area contributed by atoms with Crippen LogP contribution in [0.25, 0.3) is 0 Å². The number of hydrogen-bond acceptors (Lipinski definition) is 7. The van der Waals surface area contributed by atoms with E-state index >= 15 is 0 Å². The Labute approximate surface area is 239 Å². The Hall–Kier alpha value is -4.15. The summed E-state index contributed by atoms with van der Waals surface area (Å²) in [6.45, 7) is 5.53. The maximum atomic E-state index is 13.4. The lowest BCUT2D eigenvalue weighted by Gasteiger charge is -2.30. The van der Waals surface area contributed by atoms with Gasteiger partial charge in [-0.2, -0.15) is 0 Å². The molecule has 1 spiro atoms. The van der Waals surface area contributed by atoms with Gasteiger partial charge in [-0.25, -0.2) is 4.98 Å². The summed E-state index contributed by atoms with van der Waals surface area (Å²) in [7, 11) is 3.11. The maximum absolute atomic E-state index is 13.4. The van der Waals surface area contributed by atoms with Crippen LogP contribution >= 0.6 is 0 Å². The average molecular weight is 558 g/mol. The molecule has 214 valence electrons. The molecule has 3 heterocycles. The molecular formula is C31H35N5O5. The van der Waals surface area contributed by atoms with Crippen LogP contribution in [-0.4, -0.2) is 53.4 Å². The molecule has 1 aliphatic carbocycles. The summed E-state index contributed by atoms with van der Waals surface area (Å²) in [5.74, 6) is -0.0120. The fourth-order valence-corrected chi connectivity index (χ4v) is 5.70. The van der Waals surface area contributed by atoms with Gasteiger partial charge < -0.3 is 25.0 Å². The lowest BCUT2D eigenvalue weighted by Crippen LogP contribution is -2.43. The highest BCUT2D eigenvalue weighted by atomic mass is 16.7. The molecule has 0 bridgehead atoms. The lowest BCUT2D eigenvalue weighted by atomic mass is 9.80. The predicted molar refractivity (Wildman–Crippen MR) is 153 cm³/mol. The molecule has 3 amide bonds. The molecule has 41 heavy (non-hydrogen) atoms. The molecular weight excluding hydrogens is 522 g/mol. The van der Waals surface area contributed by atoms with Crippen LogP contribution < -0.4 is 10.6 Å². The number of carbonyl (C=O) groups excluding carboxylic acids is 3. The van der Waals surface area contributed by atoms with Crippen LogP contribution in [0.2, 0.25) is 0 Å². The second-order valence-electron chi connectivity index (χ2n) is 11.6. The molecule has 1 unspecified atom stereocenters. The molecule has 1 atom stereocenters. The van der Waals surface area contributed by atoms with Gasteiger partial charge in [0.15, 0.2) is 6.29 Å². The number of carbonyl (C=O) groups is 3. The van der Waals surface area contributed by atoms with Crippen LogP contribution in [0.4, 0.5) is 11.5 Å². The summed E-state index contributed by atoms with van der Waals surface area (Å²) in [6.07, 6.45) is 3.59. The number of methoxy groups -OCH3 is 2. The van der Waals surface area contributed by atoms with Crippen molar-refractivity contribution in [1.29, 1.82) is 0 Å². The van der Waals surface area contributed by atoms with E-state index in [1.54, 1.807) is 31.5 Å². The Bertz CT molecular complexity index is 1500. The summed E-state index contributed by atoms with van der Waals surface area (Å²) in [6, 6.07) is 13.2. The van der Waals surface area contributed by atoms with Gasteiger partial charge in [-0.15, -0.1) is 0 Å². The smallest absolute Gasteiger partial charge is 0.244 e. The SMILES string of the molecule is COC(OC)c1ccccc1CN(CC(=O)Nc1cnc2c(c1)CC1(C2)C(=O)Nc2ncccc21)C(=O)C(C)(C)C. The van der Waals surface area contributed by atoms with Crippen LogP contribution in [0.1, 0.15) is 55.0 Å². The first kappa shape index (κ1) is 28.4. The van der Waals surface area contributed by atoms with Gasteiger partial charge in [0.25, 0.3) is 0 Å². The van der Waals surface area contributed by atoms with E-state index in [-0.39, 0.29) is 30.8 Å². The Morgan fingerprint density at radius 1 is 1.10 bits per heavy atom. The Kier molecular flexibility index (Phi) is 7.63. The largest absolute Gasteiger partial charge is 0.352 e. The highest BCUT2D eigenvalue weighted by molar-refractivity contribution is 6.06. The van der Waals surface area contributed by atoms with Crippen LogP contribution in [0.5, 0.6) is 0 Å². The topological polar surface area (TPSA) is 123 Å². The van der Waals surface area contributed by atoms with E-state index in [1.807, 2.05) is 63.2 Å². The van der Waals surface area contributed by atoms with Crippen molar-refractivity contribution in [3.05, 3.63) is 82.8 Å². The molecule has 2 N–H and O–H groups in total. The first-order valence-corrected chi connectivity index (χ1v) is 13.5. The van der Waals surface area contributed by atoms with Crippen LogP contribution in [0, 0.1) is 5.41 Å². The van der Waals surface area contributed by atoms with Crippen LogP contribution in [-0.2, 0) is 48.7 Å². The fraction of sp³-hybridized carbons (Fsp3) is 0.387. The number of ether oxygens (including phenoxy) is 2. The minimum atomic E-state index is -0.743. The van der Waals surface area contributed by atoms with E-state index in [0.29, 0.717) is 24.3 Å². The van der Waals surface area contributed by atoms with E-state index in [9.17, 15) is 14.4 Å². The Morgan fingerprint density at radius 3 is 2.59 bits per heavy atom. The number of hydrogen-bond donors (Lipinski definition) is 2. The van der Waals surface area contributed by atoms with Gasteiger partial charge in [-0.05, 0) is 29.7 Å². The number of rotatable bonds is 8. The molecule has 10 nitrogen and oxygen atoms in total. The average Bonchev–Trinajstić information content (AvgIpc) is 3.45. The Morgan fingerprint density at radius 2 is 1.85 bits per heavy atom. The highest BCUT2D eigenvalue weighted by Gasteiger charge is 2.51. The van der Waals surface area contributed by atoms with Gasteiger partial charge in [0.05, 0.1) is 17.3 Å². The van der Waals surface area contributed by atoms with Crippen molar-refractivity contribution < 1.29 is 23.9 Å². The summed E-state index contributed by atoms with van der Waals surface area (Å²) in [5.41, 5.74) is 3.26. The molecule has 0 saturated heterocycles. The van der Waals surface area contributed by atoms with Crippen molar-refractivity contribution in [3.63, 3.8) is 0 Å². The minimum Gasteiger partial charge on any atom is -0.352 e. The Balaban J connectivity index is 1.34. The number of nitrogens with zero attached hydrogens (tertiary/aromatic N) is 3. The summed E-state index contributed by atoms with van der Waals surface area (Å²) < 4.78 is 10.9. The number of anilines is 2. The molecule has 0 radical (unpaired) electrons. The normalized spacial score (nSPS) is 17.4. The molecule has 10 heteroatoms. The minimum absolute atomic E-state index is 0.0874. The number of fused-ring (bicyclic) bond motifs is 3.